The van der Waals surface area contributed by atoms with Crippen molar-refractivity contribution in [2.45, 2.75) is 66.2 Å². The van der Waals surface area contributed by atoms with Gasteiger partial charge in [0.05, 0.1) is 24.4 Å². The van der Waals surface area contributed by atoms with E-state index in [1.165, 1.54) is 9.91 Å². The van der Waals surface area contributed by atoms with Crippen LogP contribution in [0.2, 0.25) is 0 Å². The molecule has 1 aliphatic carbocycles. The molecule has 1 fully saturated rings. The Morgan fingerprint density at radius 3 is 2.40 bits per heavy atom. The number of rotatable bonds is 8. The van der Waals surface area contributed by atoms with Crippen molar-refractivity contribution in [2.24, 2.45) is 16.4 Å². The summed E-state index contributed by atoms with van der Waals surface area (Å²) in [5.74, 6) is -1.41. The van der Waals surface area contributed by atoms with Crippen LogP contribution in [0.15, 0.2) is 47.6 Å². The minimum Gasteiger partial charge on any atom is -0.481 e. The van der Waals surface area contributed by atoms with Gasteiger partial charge >= 0.3 is 12.0 Å². The summed E-state index contributed by atoms with van der Waals surface area (Å²) in [4.78, 5) is 53.0. The van der Waals surface area contributed by atoms with Crippen molar-refractivity contribution >= 4 is 40.8 Å². The molecule has 2 aliphatic rings. The maximum atomic E-state index is 14.0. The summed E-state index contributed by atoms with van der Waals surface area (Å²) in [7, 11) is 0. The highest BCUT2D eigenvalue weighted by atomic mass is 16.4. The maximum Gasteiger partial charge on any atom is 0.345 e. The van der Waals surface area contributed by atoms with Gasteiger partial charge in [0.1, 0.15) is 6.54 Å². The lowest BCUT2D eigenvalue weighted by Gasteiger charge is -2.29. The number of hydrogen-bond donors (Lipinski definition) is 2. The molecule has 2 aromatic carbocycles. The second-order valence-electron chi connectivity index (χ2n) is 11.7. The monoisotopic (exact) mass is 546 g/mol. The number of carboxylic acids is 1. The first-order valence-corrected chi connectivity index (χ1v) is 13.9. The molecule has 2 aromatic rings. The van der Waals surface area contributed by atoms with Crippen molar-refractivity contribution in [3.63, 3.8) is 0 Å². The Hall–Kier alpha value is -4.01. The number of Topliss-reactive ketones (excluding diaryl/α,β-unsaturated/α-hetero) is 1. The van der Waals surface area contributed by atoms with Crippen LogP contribution in [0.1, 0.15) is 69.6 Å². The summed E-state index contributed by atoms with van der Waals surface area (Å²) < 4.78 is 0. The second-order valence-corrected chi connectivity index (χ2v) is 11.7. The number of fused-ring (bicyclic) bond motifs is 1. The fraction of sp³-hybridized carbons (Fsp3) is 0.452. The predicted molar refractivity (Wildman–Crippen MR) is 155 cm³/mol. The van der Waals surface area contributed by atoms with E-state index in [1.54, 1.807) is 24.3 Å². The number of nitrogens with one attached hydrogen (secondary N) is 1. The molecule has 1 heterocycles. The van der Waals surface area contributed by atoms with Crippen molar-refractivity contribution in [2.75, 3.05) is 23.3 Å². The Morgan fingerprint density at radius 2 is 1.73 bits per heavy atom. The van der Waals surface area contributed by atoms with Gasteiger partial charge in [-0.15, -0.1) is 0 Å². The standard InChI is InChI=1S/C31H38N4O5/c1-20-10-8-15-24-28(20)29(22-12-6-5-7-13-22)33-35(30(40)34(24)18-25(36)31(2,3)4)19-26(37)32-23-14-9-11-21(16-23)17-27(38)39/h8-11,14-16,22H,5-7,12-13,17-19H2,1-4H3,(H,32,37)(H,38,39). The number of amides is 3. The average molecular weight is 547 g/mol. The third-order valence-corrected chi connectivity index (χ3v) is 7.47. The van der Waals surface area contributed by atoms with E-state index in [9.17, 15) is 19.2 Å². The fourth-order valence-corrected chi connectivity index (χ4v) is 5.24. The van der Waals surface area contributed by atoms with Crippen LogP contribution in [0.3, 0.4) is 0 Å². The topological polar surface area (TPSA) is 119 Å². The van der Waals surface area contributed by atoms with Crippen molar-refractivity contribution in [1.82, 2.24) is 5.01 Å². The number of benzene rings is 2. The van der Waals surface area contributed by atoms with Gasteiger partial charge in [-0.25, -0.2) is 9.80 Å². The van der Waals surface area contributed by atoms with Gasteiger partial charge in [-0.2, -0.15) is 5.10 Å². The Balaban J connectivity index is 1.71. The quantitative estimate of drug-likeness (QED) is 0.459. The lowest BCUT2D eigenvalue weighted by atomic mass is 9.81. The average Bonchev–Trinajstić information content (AvgIpc) is 2.99. The molecule has 0 radical (unpaired) electrons. The molecule has 9 heteroatoms. The molecule has 3 amide bonds. The first-order chi connectivity index (χ1) is 18.9. The number of hydrazone groups is 1. The number of aliphatic carboxylic acids is 1. The lowest BCUT2D eigenvalue weighted by Crippen LogP contribution is -2.47. The molecule has 1 saturated carbocycles. The summed E-state index contributed by atoms with van der Waals surface area (Å²) in [6.07, 6.45) is 5.01. The van der Waals surface area contributed by atoms with Crippen molar-refractivity contribution in [1.29, 1.82) is 0 Å². The van der Waals surface area contributed by atoms with Crippen LogP contribution in [0.25, 0.3) is 0 Å². The van der Waals surface area contributed by atoms with Crippen LogP contribution in [-0.2, 0) is 20.8 Å². The van der Waals surface area contributed by atoms with Crippen LogP contribution in [-0.4, -0.2) is 52.6 Å². The normalized spacial score (nSPS) is 16.2. The van der Waals surface area contributed by atoms with E-state index in [0.29, 0.717) is 16.9 Å². The fourth-order valence-electron chi connectivity index (χ4n) is 5.24. The van der Waals surface area contributed by atoms with E-state index in [-0.39, 0.29) is 31.2 Å². The number of urea groups is 1. The molecule has 40 heavy (non-hydrogen) atoms. The smallest absolute Gasteiger partial charge is 0.345 e. The SMILES string of the molecule is Cc1cccc2c1C(C1CCCCC1)=NN(CC(=O)Nc1cccc(CC(=O)O)c1)C(=O)N2CC(=O)C(C)(C)C. The Labute approximate surface area is 235 Å². The van der Waals surface area contributed by atoms with E-state index in [2.05, 4.69) is 5.32 Å². The molecule has 212 valence electrons. The van der Waals surface area contributed by atoms with Gasteiger partial charge in [-0.1, -0.05) is 64.3 Å². The third-order valence-electron chi connectivity index (χ3n) is 7.47. The molecule has 0 bridgehead atoms. The van der Waals surface area contributed by atoms with E-state index in [1.807, 2.05) is 45.9 Å². The zero-order valence-corrected chi connectivity index (χ0v) is 23.7. The lowest BCUT2D eigenvalue weighted by molar-refractivity contribution is -0.136. The number of ketones is 1. The van der Waals surface area contributed by atoms with E-state index in [0.717, 1.165) is 48.9 Å². The molecule has 4 rings (SSSR count). The second kappa shape index (κ2) is 12.0. The Bertz CT molecular complexity index is 1340. The summed E-state index contributed by atoms with van der Waals surface area (Å²) >= 11 is 0. The molecular formula is C31H38N4O5. The summed E-state index contributed by atoms with van der Waals surface area (Å²) in [5, 5.41) is 17.9. The van der Waals surface area contributed by atoms with Crippen molar-refractivity contribution < 1.29 is 24.3 Å². The molecule has 2 N–H and O–H groups in total. The minimum absolute atomic E-state index is 0.103. The molecule has 9 nitrogen and oxygen atoms in total. The molecule has 1 aliphatic heterocycles. The Morgan fingerprint density at radius 1 is 1.02 bits per heavy atom. The van der Waals surface area contributed by atoms with E-state index >= 15 is 0 Å². The largest absolute Gasteiger partial charge is 0.481 e. The number of carbonyl (C=O) groups excluding carboxylic acids is 3. The van der Waals surface area contributed by atoms with Gasteiger partial charge < -0.3 is 10.4 Å². The third kappa shape index (κ3) is 6.76. The number of aryl methyl sites for hydroxylation is 1. The molecule has 0 saturated heterocycles. The van der Waals surface area contributed by atoms with Gasteiger partial charge in [-0.3, -0.25) is 19.3 Å². The number of carbonyl (C=O) groups is 4. The van der Waals surface area contributed by atoms with Crippen LogP contribution >= 0.6 is 0 Å². The van der Waals surface area contributed by atoms with Gasteiger partial charge in [-0.05, 0) is 49.1 Å². The summed E-state index contributed by atoms with van der Waals surface area (Å²) in [5.41, 5.74) is 3.55. The maximum absolute atomic E-state index is 14.0. The van der Waals surface area contributed by atoms with Crippen LogP contribution in [0, 0.1) is 18.3 Å². The highest BCUT2D eigenvalue weighted by molar-refractivity contribution is 6.14. The van der Waals surface area contributed by atoms with Crippen molar-refractivity contribution in [3.8, 4) is 0 Å². The summed E-state index contributed by atoms with van der Waals surface area (Å²) in [6, 6.07) is 11.8. The van der Waals surface area contributed by atoms with Gasteiger partial charge in [0.2, 0.25) is 5.91 Å². The van der Waals surface area contributed by atoms with Gasteiger partial charge in [0.25, 0.3) is 0 Å². The summed E-state index contributed by atoms with van der Waals surface area (Å²) in [6.45, 7) is 6.96. The van der Waals surface area contributed by atoms with Gasteiger partial charge in [0, 0.05) is 22.6 Å². The molecular weight excluding hydrogens is 508 g/mol. The van der Waals surface area contributed by atoms with Gasteiger partial charge in [0.15, 0.2) is 5.78 Å². The first kappa shape index (κ1) is 29.0. The van der Waals surface area contributed by atoms with E-state index in [4.69, 9.17) is 10.2 Å². The van der Waals surface area contributed by atoms with Crippen LogP contribution in [0.5, 0.6) is 0 Å². The molecule has 0 atom stereocenters. The highest BCUT2D eigenvalue weighted by Gasteiger charge is 2.37. The van der Waals surface area contributed by atoms with Crippen molar-refractivity contribution in [3.05, 3.63) is 59.2 Å². The highest BCUT2D eigenvalue weighted by Crippen LogP contribution is 2.36. The Kier molecular flexibility index (Phi) is 8.71. The number of carboxylic acid groups (broad SMARTS) is 1. The number of hydrogen-bond acceptors (Lipinski definition) is 5. The van der Waals surface area contributed by atoms with E-state index < -0.39 is 23.3 Å². The molecule has 0 spiro atoms. The minimum atomic E-state index is -0.969. The van der Waals surface area contributed by atoms with Crippen LogP contribution in [0.4, 0.5) is 16.2 Å². The predicted octanol–water partition coefficient (Wildman–Crippen LogP) is 5.40. The molecule has 0 aromatic heterocycles. The number of anilines is 2. The molecule has 0 unspecified atom stereocenters. The zero-order valence-electron chi connectivity index (χ0n) is 23.7. The first-order valence-electron chi connectivity index (χ1n) is 13.9. The zero-order chi connectivity index (χ0) is 29.0. The number of nitrogens with zero attached hydrogens (tertiary/aromatic N) is 3. The van der Waals surface area contributed by atoms with Crippen LogP contribution < -0.4 is 10.2 Å².